The van der Waals surface area contributed by atoms with Gasteiger partial charge in [0.15, 0.2) is 0 Å². The molecule has 2 aliphatic rings. The summed E-state index contributed by atoms with van der Waals surface area (Å²) in [5.74, 6) is 3.78. The standard InChI is InChI=1S/2C9H18.2C7H7O.Zr/c2*1-9(2,3)8-6-4-5-7-8;2*1-8-7-5-3-2-4-6-7;/h2*8H,4-7H2,1-3H3;2*3-6H,1H3;/q;;2*-1;+4. The van der Waals surface area contributed by atoms with Gasteiger partial charge in [0.2, 0.25) is 0 Å². The summed E-state index contributed by atoms with van der Waals surface area (Å²) in [5.41, 5.74) is 1.16. The Morgan fingerprint density at radius 1 is 0.571 bits per heavy atom. The average Bonchev–Trinajstić information content (AvgIpc) is 3.56. The molecule has 4 rings (SSSR count). The molecule has 2 saturated carbocycles. The summed E-state index contributed by atoms with van der Waals surface area (Å²) in [6.07, 6.45) is 11.8. The van der Waals surface area contributed by atoms with E-state index in [2.05, 4.69) is 53.7 Å². The van der Waals surface area contributed by atoms with Gasteiger partial charge in [-0.25, -0.2) is 0 Å². The second-order valence-corrected chi connectivity index (χ2v) is 11.6. The Morgan fingerprint density at radius 3 is 0.971 bits per heavy atom. The van der Waals surface area contributed by atoms with Crippen molar-refractivity contribution in [2.45, 2.75) is 92.9 Å². The van der Waals surface area contributed by atoms with Crippen molar-refractivity contribution in [2.24, 2.45) is 22.7 Å². The second-order valence-electron chi connectivity index (χ2n) is 11.6. The van der Waals surface area contributed by atoms with E-state index in [0.717, 1.165) is 23.3 Å². The van der Waals surface area contributed by atoms with Crippen molar-refractivity contribution in [3.63, 3.8) is 0 Å². The molecular formula is C32H50O2Zr+2. The largest absolute Gasteiger partial charge is 4.00 e. The van der Waals surface area contributed by atoms with Gasteiger partial charge in [-0.05, 0) is 48.3 Å². The SMILES string of the molecule is CC(C)(C)C1CCCC1.CC(C)(C)C1CCCC1.COc1cc[c-]cc1.COc1cc[c-]cc1.[Zr+4]. The van der Waals surface area contributed by atoms with Gasteiger partial charge in [-0.15, -0.1) is 24.3 Å². The maximum Gasteiger partial charge on any atom is 4.00 e. The molecule has 0 amide bonds. The molecule has 35 heavy (non-hydrogen) atoms. The first-order valence-corrected chi connectivity index (χ1v) is 13.1. The number of rotatable bonds is 2. The Morgan fingerprint density at radius 2 is 0.829 bits per heavy atom. The van der Waals surface area contributed by atoms with Crippen molar-refractivity contribution in [3.05, 3.63) is 60.7 Å². The van der Waals surface area contributed by atoms with Crippen LogP contribution in [0.25, 0.3) is 0 Å². The average molecular weight is 558 g/mol. The third-order valence-corrected chi connectivity index (χ3v) is 7.01. The van der Waals surface area contributed by atoms with Gasteiger partial charge in [0.25, 0.3) is 0 Å². The van der Waals surface area contributed by atoms with Gasteiger partial charge in [0.1, 0.15) is 0 Å². The molecule has 0 atom stereocenters. The van der Waals surface area contributed by atoms with Gasteiger partial charge in [0, 0.05) is 11.5 Å². The molecule has 0 saturated heterocycles. The molecule has 0 unspecified atom stereocenters. The fourth-order valence-electron chi connectivity index (χ4n) is 4.60. The van der Waals surface area contributed by atoms with Crippen LogP contribution >= 0.6 is 0 Å². The Kier molecular flexibility index (Phi) is 17.7. The molecule has 2 aliphatic carbocycles. The Hall–Kier alpha value is -1.08. The first-order chi connectivity index (χ1) is 16.1. The van der Waals surface area contributed by atoms with Crippen molar-refractivity contribution in [1.29, 1.82) is 0 Å². The minimum atomic E-state index is 0. The molecule has 0 bridgehead atoms. The number of ether oxygens (including phenoxy) is 2. The number of benzene rings is 2. The second kappa shape index (κ2) is 18.2. The van der Waals surface area contributed by atoms with Gasteiger partial charge in [0.05, 0.1) is 14.2 Å². The molecule has 2 aromatic carbocycles. The van der Waals surface area contributed by atoms with E-state index in [0.29, 0.717) is 10.8 Å². The van der Waals surface area contributed by atoms with Crippen LogP contribution in [0.1, 0.15) is 92.9 Å². The Bertz CT molecular complexity index is 654. The molecule has 192 valence electrons. The van der Waals surface area contributed by atoms with E-state index in [4.69, 9.17) is 9.47 Å². The molecule has 2 fully saturated rings. The van der Waals surface area contributed by atoms with Crippen LogP contribution in [-0.2, 0) is 26.2 Å². The quantitative estimate of drug-likeness (QED) is 0.342. The molecule has 2 nitrogen and oxygen atoms in total. The van der Waals surface area contributed by atoms with Crippen LogP contribution in [-0.4, -0.2) is 14.2 Å². The summed E-state index contributed by atoms with van der Waals surface area (Å²) in [6, 6.07) is 20.5. The predicted octanol–water partition coefficient (Wildman–Crippen LogP) is 9.43. The molecule has 0 heterocycles. The fourth-order valence-corrected chi connectivity index (χ4v) is 4.60. The Balaban J connectivity index is 0.000000437. The summed E-state index contributed by atoms with van der Waals surface area (Å²) in [7, 11) is 3.30. The normalized spacial score (nSPS) is 15.8. The third kappa shape index (κ3) is 15.6. The van der Waals surface area contributed by atoms with E-state index >= 15 is 0 Å². The van der Waals surface area contributed by atoms with E-state index in [1.165, 1.54) is 51.4 Å². The van der Waals surface area contributed by atoms with E-state index in [-0.39, 0.29) is 26.2 Å². The molecule has 0 aromatic heterocycles. The zero-order chi connectivity index (χ0) is 25.5. The van der Waals surface area contributed by atoms with Crippen molar-refractivity contribution < 1.29 is 35.7 Å². The number of methoxy groups -OCH3 is 2. The minimum Gasteiger partial charge on any atom is -0.522 e. The van der Waals surface area contributed by atoms with Crippen LogP contribution in [0.2, 0.25) is 0 Å². The third-order valence-electron chi connectivity index (χ3n) is 7.01. The van der Waals surface area contributed by atoms with E-state index in [9.17, 15) is 0 Å². The smallest absolute Gasteiger partial charge is 0.522 e. The van der Waals surface area contributed by atoms with Crippen molar-refractivity contribution in [2.75, 3.05) is 14.2 Å². The molecule has 0 radical (unpaired) electrons. The maximum atomic E-state index is 4.89. The topological polar surface area (TPSA) is 18.5 Å². The van der Waals surface area contributed by atoms with Crippen molar-refractivity contribution in [3.8, 4) is 11.5 Å². The summed E-state index contributed by atoms with van der Waals surface area (Å²) < 4.78 is 9.79. The summed E-state index contributed by atoms with van der Waals surface area (Å²) in [6.45, 7) is 14.2. The van der Waals surface area contributed by atoms with Gasteiger partial charge in [-0.1, -0.05) is 67.2 Å². The van der Waals surface area contributed by atoms with Gasteiger partial charge in [-0.3, -0.25) is 0 Å². The van der Waals surface area contributed by atoms with E-state index in [1.807, 2.05) is 48.5 Å². The molecular weight excluding hydrogens is 508 g/mol. The minimum absolute atomic E-state index is 0. The zero-order valence-electron chi connectivity index (χ0n) is 23.7. The van der Waals surface area contributed by atoms with Gasteiger partial charge < -0.3 is 9.47 Å². The predicted molar refractivity (Wildman–Crippen MR) is 146 cm³/mol. The van der Waals surface area contributed by atoms with Crippen LogP contribution in [0.5, 0.6) is 11.5 Å². The monoisotopic (exact) mass is 556 g/mol. The summed E-state index contributed by atoms with van der Waals surface area (Å²) in [5, 5.41) is 0. The first-order valence-electron chi connectivity index (χ1n) is 13.1. The summed E-state index contributed by atoms with van der Waals surface area (Å²) in [4.78, 5) is 0. The molecule has 2 aromatic rings. The van der Waals surface area contributed by atoms with E-state index in [1.54, 1.807) is 14.2 Å². The molecule has 0 spiro atoms. The molecule has 3 heteroatoms. The van der Waals surface area contributed by atoms with Gasteiger partial charge in [-0.2, -0.15) is 36.4 Å². The van der Waals surface area contributed by atoms with Crippen LogP contribution in [0, 0.1) is 34.8 Å². The van der Waals surface area contributed by atoms with Crippen molar-refractivity contribution >= 4 is 0 Å². The zero-order valence-corrected chi connectivity index (χ0v) is 26.2. The molecule has 0 N–H and O–H groups in total. The number of hydrogen-bond acceptors (Lipinski definition) is 2. The van der Waals surface area contributed by atoms with Crippen molar-refractivity contribution in [1.82, 2.24) is 0 Å². The van der Waals surface area contributed by atoms with Crippen LogP contribution in [0.3, 0.4) is 0 Å². The van der Waals surface area contributed by atoms with Gasteiger partial charge >= 0.3 is 26.2 Å². The Labute approximate surface area is 236 Å². The first kappa shape index (κ1) is 33.9. The number of hydrogen-bond donors (Lipinski definition) is 0. The fraction of sp³-hybridized carbons (Fsp3) is 0.625. The summed E-state index contributed by atoms with van der Waals surface area (Å²) >= 11 is 0. The van der Waals surface area contributed by atoms with Crippen LogP contribution < -0.4 is 9.47 Å². The van der Waals surface area contributed by atoms with Crippen LogP contribution in [0.4, 0.5) is 0 Å². The van der Waals surface area contributed by atoms with E-state index < -0.39 is 0 Å². The maximum absolute atomic E-state index is 4.89. The molecule has 0 aliphatic heterocycles. The van der Waals surface area contributed by atoms with Crippen LogP contribution in [0.15, 0.2) is 48.5 Å².